The number of rotatable bonds is 1. The first-order valence-corrected chi connectivity index (χ1v) is 4.92. The highest BCUT2D eigenvalue weighted by Crippen LogP contribution is 2.19. The third-order valence-corrected chi connectivity index (χ3v) is 2.75. The van der Waals surface area contributed by atoms with Crippen LogP contribution in [-0.4, -0.2) is 28.2 Å². The van der Waals surface area contributed by atoms with Gasteiger partial charge in [0.2, 0.25) is 0 Å². The summed E-state index contributed by atoms with van der Waals surface area (Å²) in [6.45, 7) is 0.990. The number of anilines is 1. The van der Waals surface area contributed by atoms with E-state index in [0.29, 0.717) is 5.82 Å². The number of nitrogens with two attached hydrogens (primary N) is 1. The van der Waals surface area contributed by atoms with Crippen LogP contribution in [0.4, 0.5) is 6.01 Å². The van der Waals surface area contributed by atoms with Crippen molar-refractivity contribution in [2.75, 3.05) is 23.8 Å². The molecular formula is C6H10N4OS. The van der Waals surface area contributed by atoms with Crippen molar-refractivity contribution in [3.8, 4) is 0 Å². The maximum Gasteiger partial charge on any atom is 0.318 e. The quantitative estimate of drug-likeness (QED) is 0.644. The number of nitrogens with one attached hydrogen (secondary N) is 1. The van der Waals surface area contributed by atoms with Crippen molar-refractivity contribution in [2.45, 2.75) is 6.04 Å². The molecule has 0 aliphatic carbocycles. The normalized spacial score (nSPS) is 24.2. The van der Waals surface area contributed by atoms with Crippen molar-refractivity contribution >= 4 is 17.8 Å². The standard InChI is InChI=1S/C6H10N4OS/c7-6-9-5(10-11-6)4-3-12-2-1-8-4/h4,8H,1-3H2,(H2,7,9,10). The van der Waals surface area contributed by atoms with Gasteiger partial charge >= 0.3 is 6.01 Å². The maximum atomic E-state index is 5.31. The van der Waals surface area contributed by atoms with Crippen molar-refractivity contribution in [2.24, 2.45) is 0 Å². The van der Waals surface area contributed by atoms with Crippen LogP contribution in [0, 0.1) is 0 Å². The second-order valence-corrected chi connectivity index (χ2v) is 3.72. The zero-order valence-corrected chi connectivity index (χ0v) is 7.30. The minimum atomic E-state index is 0.141. The van der Waals surface area contributed by atoms with E-state index >= 15 is 0 Å². The predicted molar refractivity (Wildman–Crippen MR) is 46.8 cm³/mol. The van der Waals surface area contributed by atoms with Gasteiger partial charge in [0.1, 0.15) is 0 Å². The van der Waals surface area contributed by atoms with Crippen LogP contribution in [0.15, 0.2) is 4.52 Å². The molecule has 0 amide bonds. The monoisotopic (exact) mass is 186 g/mol. The Morgan fingerprint density at radius 1 is 1.67 bits per heavy atom. The second kappa shape index (κ2) is 3.32. The Balaban J connectivity index is 2.08. The van der Waals surface area contributed by atoms with Crippen LogP contribution in [-0.2, 0) is 0 Å². The van der Waals surface area contributed by atoms with E-state index < -0.39 is 0 Å². The molecule has 1 atom stereocenters. The summed E-state index contributed by atoms with van der Waals surface area (Å²) in [7, 11) is 0. The van der Waals surface area contributed by atoms with E-state index in [0.717, 1.165) is 18.1 Å². The molecule has 1 saturated heterocycles. The minimum absolute atomic E-state index is 0.141. The molecule has 1 unspecified atom stereocenters. The molecule has 2 rings (SSSR count). The van der Waals surface area contributed by atoms with Crippen LogP contribution in [0.5, 0.6) is 0 Å². The van der Waals surface area contributed by atoms with Crippen LogP contribution in [0.25, 0.3) is 0 Å². The Morgan fingerprint density at radius 3 is 3.17 bits per heavy atom. The van der Waals surface area contributed by atoms with Gasteiger partial charge in [-0.25, -0.2) is 0 Å². The van der Waals surface area contributed by atoms with E-state index in [4.69, 9.17) is 5.73 Å². The predicted octanol–water partition coefficient (Wildman–Crippen LogP) is 0.0293. The number of nitrogen functional groups attached to an aromatic ring is 1. The highest BCUT2D eigenvalue weighted by Gasteiger charge is 2.19. The average molecular weight is 186 g/mol. The van der Waals surface area contributed by atoms with Crippen LogP contribution >= 0.6 is 11.8 Å². The fraction of sp³-hybridized carbons (Fsp3) is 0.667. The van der Waals surface area contributed by atoms with Crippen molar-refractivity contribution in [3.63, 3.8) is 0 Å². The lowest BCUT2D eigenvalue weighted by Gasteiger charge is -2.19. The molecule has 2 heterocycles. The molecule has 0 spiro atoms. The number of aromatic nitrogens is 2. The molecule has 0 bridgehead atoms. The van der Waals surface area contributed by atoms with Crippen LogP contribution in [0.1, 0.15) is 11.9 Å². The molecule has 6 heteroatoms. The van der Waals surface area contributed by atoms with Crippen LogP contribution in [0.2, 0.25) is 0 Å². The zero-order valence-electron chi connectivity index (χ0n) is 6.49. The topological polar surface area (TPSA) is 77.0 Å². The van der Waals surface area contributed by atoms with Gasteiger partial charge in [0.15, 0.2) is 5.82 Å². The largest absolute Gasteiger partial charge is 0.351 e. The van der Waals surface area contributed by atoms with Gasteiger partial charge in [-0.15, -0.1) is 0 Å². The summed E-state index contributed by atoms with van der Waals surface area (Å²) >= 11 is 1.88. The lowest BCUT2D eigenvalue weighted by atomic mass is 10.3. The Bertz CT molecular complexity index is 258. The van der Waals surface area contributed by atoms with Gasteiger partial charge in [0, 0.05) is 18.1 Å². The number of hydrogen-bond acceptors (Lipinski definition) is 6. The molecular weight excluding hydrogens is 176 g/mol. The van der Waals surface area contributed by atoms with Crippen molar-refractivity contribution in [1.82, 2.24) is 15.5 Å². The first-order chi connectivity index (χ1) is 5.86. The molecule has 12 heavy (non-hydrogen) atoms. The third-order valence-electron chi connectivity index (χ3n) is 1.69. The van der Waals surface area contributed by atoms with Crippen LogP contribution < -0.4 is 11.1 Å². The van der Waals surface area contributed by atoms with Crippen molar-refractivity contribution in [1.29, 1.82) is 0 Å². The lowest BCUT2D eigenvalue weighted by molar-refractivity contribution is 0.414. The fourth-order valence-corrected chi connectivity index (χ4v) is 2.05. The van der Waals surface area contributed by atoms with Gasteiger partial charge in [-0.2, -0.15) is 16.7 Å². The van der Waals surface area contributed by atoms with E-state index in [9.17, 15) is 0 Å². The molecule has 1 aromatic heterocycles. The van der Waals surface area contributed by atoms with E-state index in [1.807, 2.05) is 11.8 Å². The number of thioether (sulfide) groups is 1. The van der Waals surface area contributed by atoms with Gasteiger partial charge in [0.05, 0.1) is 6.04 Å². The van der Waals surface area contributed by atoms with Crippen molar-refractivity contribution < 1.29 is 4.52 Å². The molecule has 1 aromatic rings. The minimum Gasteiger partial charge on any atom is -0.351 e. The lowest BCUT2D eigenvalue weighted by Crippen LogP contribution is -2.30. The summed E-state index contributed by atoms with van der Waals surface area (Å²) in [5.74, 6) is 2.79. The maximum absolute atomic E-state index is 5.31. The van der Waals surface area contributed by atoms with Gasteiger partial charge < -0.3 is 15.6 Å². The molecule has 5 nitrogen and oxygen atoms in total. The Kier molecular flexibility index (Phi) is 2.18. The Morgan fingerprint density at radius 2 is 2.58 bits per heavy atom. The highest BCUT2D eigenvalue weighted by atomic mass is 32.2. The molecule has 1 aliphatic heterocycles. The summed E-state index contributed by atoms with van der Waals surface area (Å²) in [5.41, 5.74) is 5.31. The van der Waals surface area contributed by atoms with Crippen LogP contribution in [0.3, 0.4) is 0 Å². The third kappa shape index (κ3) is 1.54. The summed E-state index contributed by atoms with van der Waals surface area (Å²) in [6, 6.07) is 0.340. The molecule has 1 aliphatic rings. The fourth-order valence-electron chi connectivity index (χ4n) is 1.12. The van der Waals surface area contributed by atoms with E-state index in [1.165, 1.54) is 0 Å². The van der Waals surface area contributed by atoms with Gasteiger partial charge in [-0.1, -0.05) is 5.16 Å². The number of nitrogens with zero attached hydrogens (tertiary/aromatic N) is 2. The average Bonchev–Trinajstić information content (AvgIpc) is 2.54. The zero-order chi connectivity index (χ0) is 8.39. The SMILES string of the molecule is Nc1nc(C2CSCCN2)no1. The molecule has 3 N–H and O–H groups in total. The molecule has 0 radical (unpaired) electrons. The summed E-state index contributed by atoms with van der Waals surface area (Å²) in [5, 5.41) is 7.04. The second-order valence-electron chi connectivity index (χ2n) is 2.57. The van der Waals surface area contributed by atoms with E-state index in [1.54, 1.807) is 0 Å². The molecule has 1 fully saturated rings. The van der Waals surface area contributed by atoms with E-state index in [-0.39, 0.29) is 12.1 Å². The smallest absolute Gasteiger partial charge is 0.318 e. The Labute approximate surface area is 74.1 Å². The Hall–Kier alpha value is -0.750. The molecule has 66 valence electrons. The van der Waals surface area contributed by atoms with Gasteiger partial charge in [-0.05, 0) is 0 Å². The summed E-state index contributed by atoms with van der Waals surface area (Å²) in [4.78, 5) is 3.96. The van der Waals surface area contributed by atoms with Gasteiger partial charge in [0.25, 0.3) is 0 Å². The molecule has 0 aromatic carbocycles. The van der Waals surface area contributed by atoms with Gasteiger partial charge in [-0.3, -0.25) is 0 Å². The first-order valence-electron chi connectivity index (χ1n) is 3.76. The van der Waals surface area contributed by atoms with E-state index in [2.05, 4.69) is 20.0 Å². The van der Waals surface area contributed by atoms with Crippen molar-refractivity contribution in [3.05, 3.63) is 5.82 Å². The highest BCUT2D eigenvalue weighted by molar-refractivity contribution is 7.99. The summed E-state index contributed by atoms with van der Waals surface area (Å²) < 4.78 is 4.69. The number of hydrogen-bond donors (Lipinski definition) is 2. The summed E-state index contributed by atoms with van der Waals surface area (Å²) in [6.07, 6.45) is 0. The first kappa shape index (κ1) is 7.88. The molecule has 0 saturated carbocycles.